The second kappa shape index (κ2) is 19.2. The normalized spacial score (nSPS) is 26.6. The topological polar surface area (TPSA) is 201 Å². The first kappa shape index (κ1) is 51.1. The third-order valence-electron chi connectivity index (χ3n) is 14.0. The highest BCUT2D eigenvalue weighted by molar-refractivity contribution is 7.91. The number of fused-ring (bicyclic) bond motifs is 3. The fourth-order valence-electron chi connectivity index (χ4n) is 9.05. The summed E-state index contributed by atoms with van der Waals surface area (Å²) in [5.41, 5.74) is -2.84. The number of sulfonamides is 1. The number of alkyl carbamates (subject to hydrolysis) is 1. The summed E-state index contributed by atoms with van der Waals surface area (Å²) in [6.07, 6.45) is 3.80. The number of amides is 4. The summed E-state index contributed by atoms with van der Waals surface area (Å²) in [7, 11) is -1.05. The molecule has 16 nitrogen and oxygen atoms in total. The zero-order chi connectivity index (χ0) is 50.4. The number of halogens is 2. The van der Waals surface area contributed by atoms with E-state index in [9.17, 15) is 31.6 Å². The first-order valence-electron chi connectivity index (χ1n) is 23.5. The van der Waals surface area contributed by atoms with Crippen LogP contribution in [0.3, 0.4) is 0 Å². The van der Waals surface area contributed by atoms with Crippen molar-refractivity contribution >= 4 is 44.6 Å². The Morgan fingerprint density at radius 2 is 1.65 bits per heavy atom. The molecule has 376 valence electrons. The monoisotopic (exact) mass is 981 g/mol. The maximum atomic E-state index is 15.2. The Kier molecular flexibility index (Phi) is 14.3. The van der Waals surface area contributed by atoms with Crippen molar-refractivity contribution in [3.63, 3.8) is 0 Å². The molecule has 2 aliphatic heterocycles. The minimum atomic E-state index is -4.10. The molecule has 2 aliphatic carbocycles. The highest BCUT2D eigenvalue weighted by Crippen LogP contribution is 2.48. The van der Waals surface area contributed by atoms with E-state index in [-0.39, 0.29) is 37.3 Å². The molecule has 3 fully saturated rings. The fourth-order valence-corrected chi connectivity index (χ4v) is 10.4. The second-order valence-corrected chi connectivity index (χ2v) is 22.5. The second-order valence-electron chi connectivity index (χ2n) is 20.3. The van der Waals surface area contributed by atoms with Gasteiger partial charge in [-0.3, -0.25) is 19.1 Å². The van der Waals surface area contributed by atoms with Gasteiger partial charge in [-0.15, -0.1) is 0 Å². The minimum absolute atomic E-state index is 0.0117. The lowest BCUT2D eigenvalue weighted by molar-refractivity contribution is -0.152. The molecule has 7 atom stereocenters. The van der Waals surface area contributed by atoms with Crippen LogP contribution in [0.15, 0.2) is 54.6 Å². The number of rotatable bonds is 13. The average Bonchev–Trinajstić information content (AvgIpc) is 4.16. The average molecular weight is 982 g/mol. The van der Waals surface area contributed by atoms with E-state index in [0.29, 0.717) is 78.3 Å². The lowest BCUT2D eigenvalue weighted by atomic mass is 9.88. The maximum absolute atomic E-state index is 15.2. The van der Waals surface area contributed by atoms with Crippen molar-refractivity contribution in [1.29, 1.82) is 0 Å². The van der Waals surface area contributed by atoms with Gasteiger partial charge in [-0.05, 0) is 127 Å². The predicted molar refractivity (Wildman–Crippen MR) is 254 cm³/mol. The molecule has 0 unspecified atom stereocenters. The van der Waals surface area contributed by atoms with Gasteiger partial charge in [0.1, 0.15) is 40.9 Å². The molecule has 0 bridgehead atoms. The first-order valence-corrected chi connectivity index (χ1v) is 25.0. The molecular weight excluding hydrogens is 917 g/mol. The van der Waals surface area contributed by atoms with E-state index in [1.54, 1.807) is 32.0 Å². The third-order valence-corrected chi connectivity index (χ3v) is 16.2. The smallest absolute Gasteiger partial charge is 0.408 e. The number of alkyl halides is 2. The van der Waals surface area contributed by atoms with Crippen molar-refractivity contribution in [3.8, 4) is 34.4 Å². The van der Waals surface area contributed by atoms with Crippen LogP contribution in [-0.4, -0.2) is 109 Å². The molecular formula is C50H65F2N5O11S. The van der Waals surface area contributed by atoms with E-state index >= 15 is 4.79 Å². The van der Waals surface area contributed by atoms with Gasteiger partial charge in [-0.2, -0.15) is 0 Å². The molecule has 19 heteroatoms. The molecule has 2 saturated carbocycles. The Morgan fingerprint density at radius 3 is 2.28 bits per heavy atom. The number of aromatic nitrogens is 1. The van der Waals surface area contributed by atoms with Gasteiger partial charge >= 0.3 is 6.09 Å². The molecule has 3 heterocycles. The number of methoxy groups -OCH3 is 2. The zero-order valence-electron chi connectivity index (χ0n) is 40.9. The number of hydrogen-bond acceptors (Lipinski definition) is 12. The molecule has 4 aliphatic rings. The zero-order valence-corrected chi connectivity index (χ0v) is 41.8. The van der Waals surface area contributed by atoms with E-state index in [0.717, 1.165) is 13.8 Å². The molecule has 7 rings (SSSR count). The highest BCUT2D eigenvalue weighted by Gasteiger charge is 2.63. The van der Waals surface area contributed by atoms with Crippen molar-refractivity contribution in [2.24, 2.45) is 17.8 Å². The summed E-state index contributed by atoms with van der Waals surface area (Å²) >= 11 is 0. The van der Waals surface area contributed by atoms with Gasteiger partial charge in [0.15, 0.2) is 11.4 Å². The number of ether oxygens (including phenoxy) is 5. The molecule has 3 N–H and O–H groups in total. The SMILES string of the molecule is COc1ccc2c(O[C@@H]3C[C@H]4C(=O)N[C@]5(C(=O)NS(=O)(=O)C6(C)CC6)C[C@H]5/C=C\CC[C@@H](C)C[C@@H](C)[C@H](NC(=O)OC(C)(C)C(C)(F)F)C(=O)N4C3)nc(-c3ccc(OC(C)C)cc3)c(OC)c2c1. The minimum Gasteiger partial charge on any atom is -0.497 e. The van der Waals surface area contributed by atoms with Crippen molar-refractivity contribution in [2.75, 3.05) is 20.8 Å². The molecule has 0 spiro atoms. The maximum Gasteiger partial charge on any atom is 0.408 e. The van der Waals surface area contributed by atoms with Gasteiger partial charge in [-0.1, -0.05) is 26.0 Å². The molecule has 4 amide bonds. The summed E-state index contributed by atoms with van der Waals surface area (Å²) in [6.45, 7) is 11.7. The van der Waals surface area contributed by atoms with Crippen LogP contribution in [-0.2, 0) is 29.1 Å². The molecule has 1 saturated heterocycles. The highest BCUT2D eigenvalue weighted by atomic mass is 32.2. The summed E-state index contributed by atoms with van der Waals surface area (Å²) < 4.78 is 86.5. The van der Waals surface area contributed by atoms with Crippen LogP contribution >= 0.6 is 0 Å². The first-order chi connectivity index (χ1) is 32.3. The number of nitrogens with zero attached hydrogens (tertiary/aromatic N) is 2. The van der Waals surface area contributed by atoms with Gasteiger partial charge in [-0.25, -0.2) is 27.0 Å². The van der Waals surface area contributed by atoms with E-state index in [1.165, 1.54) is 19.1 Å². The Morgan fingerprint density at radius 1 is 0.971 bits per heavy atom. The quantitative estimate of drug-likeness (QED) is 0.143. The van der Waals surface area contributed by atoms with Crippen molar-refractivity contribution in [2.45, 2.75) is 146 Å². The summed E-state index contributed by atoms with van der Waals surface area (Å²) in [5.74, 6) is -5.24. The molecule has 1 aromatic heterocycles. The summed E-state index contributed by atoms with van der Waals surface area (Å²) in [5, 5.41) is 6.55. The molecule has 3 aromatic rings. The number of hydrogen-bond donors (Lipinski definition) is 3. The van der Waals surface area contributed by atoms with Crippen LogP contribution in [0, 0.1) is 17.8 Å². The largest absolute Gasteiger partial charge is 0.497 e. The summed E-state index contributed by atoms with van der Waals surface area (Å²) in [6, 6.07) is 9.84. The lowest BCUT2D eigenvalue weighted by Crippen LogP contribution is -2.59. The number of pyridine rings is 1. The number of carbonyl (C=O) groups excluding carboxylic acids is 4. The van der Waals surface area contributed by atoms with Crippen LogP contribution in [0.25, 0.3) is 22.0 Å². The van der Waals surface area contributed by atoms with Crippen molar-refractivity contribution < 1.29 is 60.1 Å². The number of carbonyl (C=O) groups is 4. The Labute approximate surface area is 402 Å². The van der Waals surface area contributed by atoms with Crippen LogP contribution < -0.4 is 34.3 Å². The van der Waals surface area contributed by atoms with Crippen LogP contribution in [0.2, 0.25) is 0 Å². The fraction of sp³-hybridized carbons (Fsp3) is 0.580. The van der Waals surface area contributed by atoms with E-state index < -0.39 is 85.7 Å². The van der Waals surface area contributed by atoms with Crippen molar-refractivity contribution in [1.82, 2.24) is 25.2 Å². The molecule has 0 radical (unpaired) electrons. The Hall–Kier alpha value is -5.72. The van der Waals surface area contributed by atoms with Gasteiger partial charge in [0.2, 0.25) is 27.7 Å². The summed E-state index contributed by atoms with van der Waals surface area (Å²) in [4.78, 5) is 64.0. The number of nitrogens with one attached hydrogen (secondary N) is 3. The van der Waals surface area contributed by atoms with Gasteiger partial charge in [0.25, 0.3) is 11.8 Å². The molecule has 2 aromatic carbocycles. The third kappa shape index (κ3) is 10.7. The van der Waals surface area contributed by atoms with Crippen LogP contribution in [0.4, 0.5) is 13.6 Å². The number of benzene rings is 2. The van der Waals surface area contributed by atoms with E-state index in [2.05, 4.69) is 15.4 Å². The number of allylic oxidation sites excluding steroid dienone is 1. The standard InChI is InChI=1S/C50H65F2N5O11S/c1-28(2)66-33-17-15-31(16-18-33)40-41(65-10)37-24-34(64-9)19-20-36(37)43(53-40)67-35-25-38-42(58)55-50(45(60)56-69(62,63)48(7)21-22-48)26-32(50)14-12-11-13-29(3)23-30(4)39(44(59)57(38)27-35)54-46(61)68-47(5,6)49(8,51)52/h12,14-20,24,28-30,32,35,38-39H,11,13,21-23,25-27H2,1-10H3,(H,54,61)(H,55,58)(H,56,60)/b14-12-/t29-,30-,32-,35-,38+,39+,50-/m1/s1. The van der Waals surface area contributed by atoms with Crippen molar-refractivity contribution in [3.05, 3.63) is 54.6 Å². The lowest BCUT2D eigenvalue weighted by Gasteiger charge is -2.35. The Bertz CT molecular complexity index is 2600. The Balaban J connectivity index is 1.29. The van der Waals surface area contributed by atoms with Gasteiger partial charge in [0, 0.05) is 35.6 Å². The van der Waals surface area contributed by atoms with Crippen LogP contribution in [0.1, 0.15) is 100 Å². The van der Waals surface area contributed by atoms with Gasteiger partial charge in [0.05, 0.1) is 31.6 Å². The van der Waals surface area contributed by atoms with Gasteiger partial charge < -0.3 is 39.2 Å². The van der Waals surface area contributed by atoms with E-state index in [4.69, 9.17) is 28.7 Å². The predicted octanol–water partition coefficient (Wildman–Crippen LogP) is 7.47. The molecule has 69 heavy (non-hydrogen) atoms. The van der Waals surface area contributed by atoms with Crippen LogP contribution in [0.5, 0.6) is 23.1 Å². The van der Waals surface area contributed by atoms with E-state index in [1.807, 2.05) is 57.2 Å².